The fraction of sp³-hybridized carbons (Fsp3) is 0.933. The lowest BCUT2D eigenvalue weighted by Crippen LogP contribution is -2.62. The molecule has 1 saturated heterocycles. The summed E-state index contributed by atoms with van der Waals surface area (Å²) in [4.78, 5) is 14.5. The first-order chi connectivity index (χ1) is 9.32. The Labute approximate surface area is 123 Å². The number of ether oxygens (including phenoxy) is 2. The number of nitrogens with zero attached hydrogens (tertiary/aromatic N) is 1. The average molecular weight is 286 g/mol. The predicted octanol–water partition coefficient (Wildman–Crippen LogP) is 1.42. The van der Waals surface area contributed by atoms with Crippen molar-refractivity contribution < 1.29 is 14.3 Å². The molecule has 0 amide bonds. The third-order valence-electron chi connectivity index (χ3n) is 3.81. The highest BCUT2D eigenvalue weighted by Crippen LogP contribution is 2.19. The van der Waals surface area contributed by atoms with Crippen molar-refractivity contribution in [2.24, 2.45) is 0 Å². The molecule has 1 aliphatic heterocycles. The van der Waals surface area contributed by atoms with Gasteiger partial charge in [-0.15, -0.1) is 0 Å². The van der Waals surface area contributed by atoms with Gasteiger partial charge in [0.15, 0.2) is 0 Å². The van der Waals surface area contributed by atoms with Crippen molar-refractivity contribution in [3.63, 3.8) is 0 Å². The van der Waals surface area contributed by atoms with Crippen LogP contribution in [0.3, 0.4) is 0 Å². The summed E-state index contributed by atoms with van der Waals surface area (Å²) in [5.41, 5.74) is -0.687. The molecule has 0 spiro atoms. The first-order valence-corrected chi connectivity index (χ1v) is 7.54. The Bertz CT molecular complexity index is 322. The summed E-state index contributed by atoms with van der Waals surface area (Å²) in [6.45, 7) is 12.5. The minimum absolute atomic E-state index is 0.207. The van der Waals surface area contributed by atoms with Crippen LogP contribution in [0.25, 0.3) is 0 Å². The van der Waals surface area contributed by atoms with Crippen LogP contribution in [0.15, 0.2) is 0 Å². The molecule has 0 aromatic carbocycles. The number of methoxy groups -OCH3 is 1. The van der Waals surface area contributed by atoms with Gasteiger partial charge in [-0.3, -0.25) is 15.0 Å². The highest BCUT2D eigenvalue weighted by Gasteiger charge is 2.39. The van der Waals surface area contributed by atoms with E-state index >= 15 is 0 Å². The Kier molecular flexibility index (Phi) is 6.43. The van der Waals surface area contributed by atoms with Gasteiger partial charge >= 0.3 is 5.97 Å². The van der Waals surface area contributed by atoms with Gasteiger partial charge in [-0.1, -0.05) is 6.92 Å². The highest BCUT2D eigenvalue weighted by molar-refractivity contribution is 5.80. The molecule has 1 fully saturated rings. The van der Waals surface area contributed by atoms with Crippen molar-refractivity contribution in [3.8, 4) is 0 Å². The van der Waals surface area contributed by atoms with E-state index < -0.39 is 5.54 Å². The lowest BCUT2D eigenvalue weighted by atomic mass is 9.98. The smallest absolute Gasteiger partial charge is 0.327 e. The Morgan fingerprint density at radius 3 is 2.70 bits per heavy atom. The van der Waals surface area contributed by atoms with E-state index in [2.05, 4.69) is 24.1 Å². The van der Waals surface area contributed by atoms with E-state index in [-0.39, 0.29) is 18.1 Å². The third kappa shape index (κ3) is 4.43. The van der Waals surface area contributed by atoms with Gasteiger partial charge < -0.3 is 9.47 Å². The van der Waals surface area contributed by atoms with Crippen LogP contribution in [0, 0.1) is 0 Å². The molecule has 1 rings (SSSR count). The van der Waals surface area contributed by atoms with Gasteiger partial charge in [0, 0.05) is 25.2 Å². The van der Waals surface area contributed by atoms with E-state index in [9.17, 15) is 4.79 Å². The zero-order valence-electron chi connectivity index (χ0n) is 13.7. The fourth-order valence-corrected chi connectivity index (χ4v) is 2.92. The number of nitrogens with one attached hydrogen (secondary N) is 1. The molecule has 1 heterocycles. The van der Waals surface area contributed by atoms with E-state index in [0.717, 1.165) is 19.6 Å². The predicted molar refractivity (Wildman–Crippen MR) is 79.8 cm³/mol. The van der Waals surface area contributed by atoms with Crippen molar-refractivity contribution in [1.29, 1.82) is 0 Å². The molecule has 5 nitrogen and oxygen atoms in total. The molecule has 118 valence electrons. The molecule has 0 radical (unpaired) electrons. The third-order valence-corrected chi connectivity index (χ3v) is 3.81. The first-order valence-electron chi connectivity index (χ1n) is 7.54. The van der Waals surface area contributed by atoms with Gasteiger partial charge in [0.2, 0.25) is 0 Å². The summed E-state index contributed by atoms with van der Waals surface area (Å²) >= 11 is 0. The molecule has 3 unspecified atom stereocenters. The minimum atomic E-state index is -0.687. The number of esters is 1. The van der Waals surface area contributed by atoms with Crippen LogP contribution in [0.1, 0.15) is 41.0 Å². The van der Waals surface area contributed by atoms with Crippen molar-refractivity contribution in [2.75, 3.05) is 26.8 Å². The minimum Gasteiger partial charge on any atom is -0.468 e. The van der Waals surface area contributed by atoms with Crippen molar-refractivity contribution in [3.05, 3.63) is 0 Å². The van der Waals surface area contributed by atoms with E-state index in [1.54, 1.807) is 0 Å². The second kappa shape index (κ2) is 7.38. The fourth-order valence-electron chi connectivity index (χ4n) is 2.92. The monoisotopic (exact) mass is 286 g/mol. The lowest BCUT2D eigenvalue weighted by molar-refractivity contribution is -0.151. The maximum Gasteiger partial charge on any atom is 0.327 e. The van der Waals surface area contributed by atoms with Crippen molar-refractivity contribution in [2.45, 2.75) is 64.8 Å². The number of rotatable bonds is 6. The molecular weight excluding hydrogens is 256 g/mol. The van der Waals surface area contributed by atoms with Gasteiger partial charge in [0.25, 0.3) is 0 Å². The SMILES string of the molecule is CCC1COC(C)CN1CC(C)(NC(C)C)C(=O)OC. The summed E-state index contributed by atoms with van der Waals surface area (Å²) in [7, 11) is 1.45. The quantitative estimate of drug-likeness (QED) is 0.748. The molecule has 0 saturated carbocycles. The molecule has 0 aromatic rings. The molecule has 1 aliphatic rings. The zero-order chi connectivity index (χ0) is 15.3. The second-order valence-electron chi connectivity index (χ2n) is 6.26. The number of morpholine rings is 1. The van der Waals surface area contributed by atoms with Crippen molar-refractivity contribution >= 4 is 5.97 Å². The summed E-state index contributed by atoms with van der Waals surface area (Å²) in [5.74, 6) is -0.208. The number of carbonyl (C=O) groups excluding carboxylic acids is 1. The highest BCUT2D eigenvalue weighted by atomic mass is 16.5. The molecule has 5 heteroatoms. The van der Waals surface area contributed by atoms with Crippen LogP contribution >= 0.6 is 0 Å². The second-order valence-corrected chi connectivity index (χ2v) is 6.26. The van der Waals surface area contributed by atoms with Crippen LogP contribution in [-0.2, 0) is 14.3 Å². The van der Waals surface area contributed by atoms with Crippen LogP contribution in [0.5, 0.6) is 0 Å². The molecule has 0 aromatic heterocycles. The maximum atomic E-state index is 12.2. The Balaban J connectivity index is 2.83. The zero-order valence-corrected chi connectivity index (χ0v) is 13.7. The largest absolute Gasteiger partial charge is 0.468 e. The van der Waals surface area contributed by atoms with Gasteiger partial charge in [-0.05, 0) is 34.1 Å². The molecule has 3 atom stereocenters. The van der Waals surface area contributed by atoms with Gasteiger partial charge in [0.05, 0.1) is 19.8 Å². The van der Waals surface area contributed by atoms with E-state index in [1.165, 1.54) is 7.11 Å². The lowest BCUT2D eigenvalue weighted by Gasteiger charge is -2.43. The number of hydrogen-bond donors (Lipinski definition) is 1. The van der Waals surface area contributed by atoms with Gasteiger partial charge in [0.1, 0.15) is 5.54 Å². The number of hydrogen-bond acceptors (Lipinski definition) is 5. The summed E-state index contributed by atoms with van der Waals surface area (Å²) < 4.78 is 10.7. The summed E-state index contributed by atoms with van der Waals surface area (Å²) in [6, 6.07) is 0.585. The van der Waals surface area contributed by atoms with Gasteiger partial charge in [-0.25, -0.2) is 0 Å². The maximum absolute atomic E-state index is 12.2. The Morgan fingerprint density at radius 2 is 2.20 bits per heavy atom. The Hall–Kier alpha value is -0.650. The topological polar surface area (TPSA) is 50.8 Å². The normalized spacial score (nSPS) is 27.4. The first kappa shape index (κ1) is 17.4. The van der Waals surface area contributed by atoms with Crippen LogP contribution in [-0.4, -0.2) is 61.4 Å². The van der Waals surface area contributed by atoms with Gasteiger partial charge in [-0.2, -0.15) is 0 Å². The Morgan fingerprint density at radius 1 is 1.55 bits per heavy atom. The summed E-state index contributed by atoms with van der Waals surface area (Å²) in [5, 5.41) is 3.36. The van der Waals surface area contributed by atoms with Crippen molar-refractivity contribution in [1.82, 2.24) is 10.2 Å². The molecular formula is C15H30N2O3. The molecule has 0 bridgehead atoms. The molecule has 20 heavy (non-hydrogen) atoms. The average Bonchev–Trinajstić information content (AvgIpc) is 2.37. The van der Waals surface area contributed by atoms with Crippen LogP contribution in [0.2, 0.25) is 0 Å². The van der Waals surface area contributed by atoms with Crippen LogP contribution in [0.4, 0.5) is 0 Å². The summed E-state index contributed by atoms with van der Waals surface area (Å²) in [6.07, 6.45) is 1.23. The molecule has 0 aliphatic carbocycles. The number of carbonyl (C=O) groups is 1. The van der Waals surface area contributed by atoms with E-state index in [0.29, 0.717) is 12.6 Å². The standard InChI is InChI=1S/C15H30N2O3/c1-7-13-9-20-12(4)8-17(13)10-15(5,14(18)19-6)16-11(2)3/h11-13,16H,7-10H2,1-6H3. The van der Waals surface area contributed by atoms with E-state index in [4.69, 9.17) is 9.47 Å². The van der Waals surface area contributed by atoms with Crippen LogP contribution < -0.4 is 5.32 Å². The van der Waals surface area contributed by atoms with E-state index in [1.807, 2.05) is 20.8 Å². The molecule has 1 N–H and O–H groups in total.